The molecule has 0 N–H and O–H groups in total. The summed E-state index contributed by atoms with van der Waals surface area (Å²) in [5.41, 5.74) is 0. The maximum absolute atomic E-state index is 11.5. The van der Waals surface area contributed by atoms with E-state index in [1.165, 1.54) is 6.66 Å². The van der Waals surface area contributed by atoms with Crippen LogP contribution in [0, 0.1) is 37.3 Å². The standard InChI is InChI=1S/C7H13O3P.C6H11O3P.C2H6.2V.2W/c1-4-11(8)9-5-6(2)7(3)10-11;1-5-4-8-10(3,7)9-6(5)2;1-2;;;;/h5-6H,4H2,1-3H3;4-5H,1-3H3;1-2H3;;;;/q2*-2;;;;;. The molecule has 2 aliphatic heterocycles. The van der Waals surface area contributed by atoms with E-state index in [0.29, 0.717) is 6.16 Å². The van der Waals surface area contributed by atoms with Gasteiger partial charge in [-0.15, -0.1) is 13.8 Å². The Kier molecular flexibility index (Phi) is 29.1. The molecule has 2 radical (unpaired) electrons. The van der Waals surface area contributed by atoms with Gasteiger partial charge in [-0.2, -0.15) is 13.8 Å². The van der Waals surface area contributed by atoms with E-state index < -0.39 is 15.2 Å². The summed E-state index contributed by atoms with van der Waals surface area (Å²) in [6, 6.07) is 0. The third-order valence-electron chi connectivity index (χ3n) is 3.14. The van der Waals surface area contributed by atoms with Crippen LogP contribution in [-0.2, 0) is 106 Å². The molecule has 0 aromatic carbocycles. The van der Waals surface area contributed by atoms with Gasteiger partial charge in [0, 0.05) is 92.1 Å². The van der Waals surface area contributed by atoms with Crippen molar-refractivity contribution in [1.82, 2.24) is 0 Å². The van der Waals surface area contributed by atoms with Gasteiger partial charge in [0.1, 0.15) is 0 Å². The minimum atomic E-state index is -2.78. The first kappa shape index (κ1) is 40.2. The first-order valence-electron chi connectivity index (χ1n) is 7.84. The summed E-state index contributed by atoms with van der Waals surface area (Å²) in [7, 11) is -5.55. The Morgan fingerprint density at radius 2 is 1.26 bits per heavy atom. The van der Waals surface area contributed by atoms with E-state index in [0.717, 1.165) is 12.2 Å². The van der Waals surface area contributed by atoms with Gasteiger partial charge in [0.2, 0.25) is 0 Å². The molecule has 0 amide bonds. The Labute approximate surface area is 218 Å². The van der Waals surface area contributed by atoms with Crippen molar-refractivity contribution in [1.29, 1.82) is 0 Å². The predicted molar refractivity (Wildman–Crippen MR) is 92.1 cm³/mol. The fourth-order valence-electron chi connectivity index (χ4n) is 1.41. The van der Waals surface area contributed by atoms with E-state index >= 15 is 0 Å². The molecule has 4 unspecified atom stereocenters. The van der Waals surface area contributed by atoms with E-state index in [4.69, 9.17) is 18.1 Å². The van der Waals surface area contributed by atoms with Crippen molar-refractivity contribution in [2.24, 2.45) is 11.8 Å². The molecule has 2 aliphatic rings. The average Bonchev–Trinajstić information content (AvgIpc) is 2.50. The van der Waals surface area contributed by atoms with Gasteiger partial charge in [0.05, 0.1) is 0 Å². The first-order chi connectivity index (χ1) is 10.6. The first-order valence-corrected chi connectivity index (χ1v) is 11.6. The van der Waals surface area contributed by atoms with Crippen molar-refractivity contribution in [3.05, 3.63) is 25.4 Å². The second kappa shape index (κ2) is 19.5. The molecule has 2 saturated heterocycles. The maximum Gasteiger partial charge on any atom is 0.270 e. The van der Waals surface area contributed by atoms with Crippen molar-refractivity contribution in [3.8, 4) is 0 Å². The average molecular weight is 838 g/mol. The zero-order valence-corrected chi connectivity index (χ0v) is 27.5. The van der Waals surface area contributed by atoms with Crippen LogP contribution in [0.15, 0.2) is 0 Å². The second-order valence-corrected chi connectivity index (χ2v) is 9.35. The van der Waals surface area contributed by atoms with Crippen LogP contribution in [0.2, 0.25) is 0 Å². The molecule has 0 aromatic heterocycles. The normalized spacial score (nSPS) is 33.0. The zero-order chi connectivity index (χ0) is 18.3. The number of hydrogen-bond donors (Lipinski definition) is 0. The van der Waals surface area contributed by atoms with Crippen LogP contribution in [0.5, 0.6) is 0 Å². The SMILES string of the molecule is CC.CCP1(=O)O[CH-]C(C)[C-](C)O1.C[C-]1OP(C)(=O)O[CH-]C1C.[V].[V].[W].[W]. The topological polar surface area (TPSA) is 71.1 Å². The van der Waals surface area contributed by atoms with Gasteiger partial charge in [-0.3, -0.25) is 21.0 Å². The van der Waals surface area contributed by atoms with Crippen molar-refractivity contribution in [3.63, 3.8) is 0 Å². The van der Waals surface area contributed by atoms with E-state index in [1.54, 1.807) is 27.1 Å². The molecule has 0 aliphatic carbocycles. The molecule has 2 rings (SSSR count). The molecule has 2 heterocycles. The summed E-state index contributed by atoms with van der Waals surface area (Å²) in [4.78, 5) is 0. The summed E-state index contributed by atoms with van der Waals surface area (Å²) in [5.74, 6) is 0.283. The second-order valence-electron chi connectivity index (χ2n) is 5.16. The fraction of sp³-hybridized carbons (Fsp3) is 0.733. The van der Waals surface area contributed by atoms with E-state index in [9.17, 15) is 9.13 Å². The Bertz CT molecular complexity index is 449. The van der Waals surface area contributed by atoms with Gasteiger partial charge < -0.3 is 18.1 Å². The van der Waals surface area contributed by atoms with Crippen molar-refractivity contribution < 1.29 is 106 Å². The number of hydrogen-bond acceptors (Lipinski definition) is 6. The Morgan fingerprint density at radius 1 is 0.889 bits per heavy atom. The van der Waals surface area contributed by atoms with Gasteiger partial charge in [-0.05, 0) is 0 Å². The van der Waals surface area contributed by atoms with Gasteiger partial charge >= 0.3 is 0 Å². The molecular formula is C15H30O6P2V2W2-4. The molecule has 0 saturated carbocycles. The summed E-state index contributed by atoms with van der Waals surface area (Å²) >= 11 is 0. The predicted octanol–water partition coefficient (Wildman–Crippen LogP) is 5.82. The third kappa shape index (κ3) is 16.2. The van der Waals surface area contributed by atoms with Gasteiger partial charge in [-0.25, -0.2) is 25.4 Å². The molecule has 12 heteroatoms. The van der Waals surface area contributed by atoms with Crippen LogP contribution in [0.25, 0.3) is 0 Å². The molecule has 27 heavy (non-hydrogen) atoms. The van der Waals surface area contributed by atoms with E-state index in [-0.39, 0.29) is 91.1 Å². The van der Waals surface area contributed by atoms with Crippen LogP contribution in [-0.4, -0.2) is 12.8 Å². The van der Waals surface area contributed by atoms with Crippen LogP contribution < -0.4 is 0 Å². The van der Waals surface area contributed by atoms with Crippen LogP contribution in [0.1, 0.15) is 48.5 Å². The Balaban J connectivity index is -0.0000000965. The monoisotopic (exact) mass is 838 g/mol. The molecular weight excluding hydrogens is 808 g/mol. The van der Waals surface area contributed by atoms with Crippen molar-refractivity contribution in [2.45, 2.75) is 48.5 Å². The summed E-state index contributed by atoms with van der Waals surface area (Å²) in [6.45, 7) is 17.9. The van der Waals surface area contributed by atoms with Gasteiger partial charge in [-0.1, -0.05) is 20.8 Å². The fourth-order valence-corrected chi connectivity index (χ4v) is 3.84. The largest absolute Gasteiger partial charge is 0.490 e. The molecule has 2 fully saturated rings. The zero-order valence-electron chi connectivity index (χ0n) is 17.1. The van der Waals surface area contributed by atoms with Crippen LogP contribution in [0.4, 0.5) is 0 Å². The molecule has 0 bridgehead atoms. The minimum Gasteiger partial charge on any atom is -0.490 e. The molecule has 4 atom stereocenters. The summed E-state index contributed by atoms with van der Waals surface area (Å²) in [5, 5.41) is 0. The van der Waals surface area contributed by atoms with Crippen LogP contribution >= 0.6 is 15.2 Å². The summed E-state index contributed by atoms with van der Waals surface area (Å²) < 4.78 is 42.5. The Hall–Kier alpha value is 2.85. The Morgan fingerprint density at radius 3 is 1.56 bits per heavy atom. The third-order valence-corrected chi connectivity index (χ3v) is 6.05. The van der Waals surface area contributed by atoms with Crippen molar-refractivity contribution >= 4 is 15.2 Å². The quantitative estimate of drug-likeness (QED) is 0.245. The molecule has 6 nitrogen and oxygen atoms in total. The van der Waals surface area contributed by atoms with Crippen molar-refractivity contribution in [2.75, 3.05) is 12.8 Å². The van der Waals surface area contributed by atoms with Crippen LogP contribution in [0.3, 0.4) is 0 Å². The van der Waals surface area contributed by atoms with Gasteiger partial charge in [0.15, 0.2) is 0 Å². The summed E-state index contributed by atoms with van der Waals surface area (Å²) in [6.07, 6.45) is 1.96. The van der Waals surface area contributed by atoms with E-state index in [1.807, 2.05) is 34.6 Å². The molecule has 0 aromatic rings. The molecule has 162 valence electrons. The molecule has 0 spiro atoms. The van der Waals surface area contributed by atoms with E-state index in [2.05, 4.69) is 0 Å². The maximum atomic E-state index is 11.5. The smallest absolute Gasteiger partial charge is 0.270 e. The number of rotatable bonds is 1. The van der Waals surface area contributed by atoms with Gasteiger partial charge in [0.25, 0.3) is 15.2 Å². The minimum absolute atomic E-state index is 0.